The van der Waals surface area contributed by atoms with Crippen LogP contribution in [0.2, 0.25) is 0 Å². The second kappa shape index (κ2) is 8.60. The molecule has 0 fully saturated rings. The average molecular weight is 328 g/mol. The number of nitrogens with one attached hydrogen (secondary N) is 1. The van der Waals surface area contributed by atoms with E-state index in [1.54, 1.807) is 0 Å². The Hall–Kier alpha value is -0.540. The third-order valence-electron chi connectivity index (χ3n) is 3.28. The summed E-state index contributed by atoms with van der Waals surface area (Å²) in [6.45, 7) is 10.5. The molecule has 2 nitrogen and oxygen atoms in total. The lowest BCUT2D eigenvalue weighted by atomic mass is 10.0. The van der Waals surface area contributed by atoms with Gasteiger partial charge in [0.1, 0.15) is 5.75 Å². The van der Waals surface area contributed by atoms with Gasteiger partial charge in [0, 0.05) is 22.6 Å². The van der Waals surface area contributed by atoms with Gasteiger partial charge in [-0.05, 0) is 37.0 Å². The second-order valence-corrected chi connectivity index (χ2v) is 6.16. The molecule has 0 aliphatic heterocycles. The molecule has 1 atom stereocenters. The van der Waals surface area contributed by atoms with Crippen molar-refractivity contribution in [3.05, 3.63) is 28.2 Å². The fourth-order valence-electron chi connectivity index (χ4n) is 2.13. The highest BCUT2D eigenvalue weighted by Crippen LogP contribution is 2.24. The minimum atomic E-state index is 0.554. The molecule has 0 radical (unpaired) electrons. The van der Waals surface area contributed by atoms with Crippen molar-refractivity contribution in [3.8, 4) is 5.75 Å². The molecule has 0 amide bonds. The van der Waals surface area contributed by atoms with Crippen LogP contribution >= 0.6 is 15.9 Å². The largest absolute Gasteiger partial charge is 0.493 e. The lowest BCUT2D eigenvalue weighted by molar-refractivity contribution is 0.310. The van der Waals surface area contributed by atoms with Gasteiger partial charge in [0.15, 0.2) is 0 Å². The van der Waals surface area contributed by atoms with Gasteiger partial charge in [-0.2, -0.15) is 0 Å². The molecule has 0 aromatic heterocycles. The zero-order valence-corrected chi connectivity index (χ0v) is 14.1. The molecule has 3 heteroatoms. The van der Waals surface area contributed by atoms with Crippen LogP contribution in [0.15, 0.2) is 22.7 Å². The van der Waals surface area contributed by atoms with Gasteiger partial charge in [0.2, 0.25) is 0 Å². The van der Waals surface area contributed by atoms with Crippen LogP contribution in [0.5, 0.6) is 5.75 Å². The highest BCUT2D eigenvalue weighted by Gasteiger charge is 2.12. The van der Waals surface area contributed by atoms with Gasteiger partial charge in [0.25, 0.3) is 0 Å². The maximum Gasteiger partial charge on any atom is 0.123 e. The Morgan fingerprint density at radius 1 is 1.26 bits per heavy atom. The van der Waals surface area contributed by atoms with Crippen molar-refractivity contribution in [3.63, 3.8) is 0 Å². The van der Waals surface area contributed by atoms with Crippen molar-refractivity contribution in [1.82, 2.24) is 5.32 Å². The van der Waals surface area contributed by atoms with Crippen molar-refractivity contribution in [2.45, 2.75) is 53.1 Å². The molecule has 108 valence electrons. The van der Waals surface area contributed by atoms with Crippen LogP contribution in [-0.2, 0) is 6.54 Å². The van der Waals surface area contributed by atoms with E-state index >= 15 is 0 Å². The minimum Gasteiger partial charge on any atom is -0.493 e. The van der Waals surface area contributed by atoms with Gasteiger partial charge in [-0.3, -0.25) is 0 Å². The van der Waals surface area contributed by atoms with E-state index in [2.05, 4.69) is 55.0 Å². The quantitative estimate of drug-likeness (QED) is 0.743. The second-order valence-electron chi connectivity index (χ2n) is 5.24. The summed E-state index contributed by atoms with van der Waals surface area (Å²) in [6.07, 6.45) is 2.18. The predicted molar refractivity (Wildman–Crippen MR) is 85.7 cm³/mol. The van der Waals surface area contributed by atoms with Crippen LogP contribution in [-0.4, -0.2) is 12.6 Å². The lowest BCUT2D eigenvalue weighted by Gasteiger charge is -2.21. The molecule has 1 N–H and O–H groups in total. The normalized spacial score (nSPS) is 12.7. The SMILES string of the molecule is CCCOc1ccc(Br)cc1CNC(CC)C(C)C. The fraction of sp³-hybridized carbons (Fsp3) is 0.625. The zero-order valence-electron chi connectivity index (χ0n) is 12.5. The molecule has 0 saturated carbocycles. The number of hydrogen-bond acceptors (Lipinski definition) is 2. The summed E-state index contributed by atoms with van der Waals surface area (Å²) in [6, 6.07) is 6.78. The molecule has 0 bridgehead atoms. The summed E-state index contributed by atoms with van der Waals surface area (Å²) in [5, 5.41) is 3.63. The Morgan fingerprint density at radius 3 is 2.58 bits per heavy atom. The first-order chi connectivity index (χ1) is 9.08. The monoisotopic (exact) mass is 327 g/mol. The molecule has 1 rings (SSSR count). The standard InChI is InChI=1S/C16H26BrNO/c1-5-9-19-16-8-7-14(17)10-13(16)11-18-15(6-2)12(3)4/h7-8,10,12,15,18H,5-6,9,11H2,1-4H3. The highest BCUT2D eigenvalue weighted by atomic mass is 79.9. The first-order valence-electron chi connectivity index (χ1n) is 7.23. The third-order valence-corrected chi connectivity index (χ3v) is 3.78. The fourth-order valence-corrected chi connectivity index (χ4v) is 2.54. The summed E-state index contributed by atoms with van der Waals surface area (Å²) >= 11 is 3.53. The van der Waals surface area contributed by atoms with Crippen molar-refractivity contribution in [1.29, 1.82) is 0 Å². The molecule has 19 heavy (non-hydrogen) atoms. The summed E-state index contributed by atoms with van der Waals surface area (Å²) in [4.78, 5) is 0. The summed E-state index contributed by atoms with van der Waals surface area (Å²) in [5.74, 6) is 1.65. The van der Waals surface area contributed by atoms with E-state index in [1.165, 1.54) is 5.56 Å². The van der Waals surface area contributed by atoms with Crippen molar-refractivity contribution >= 4 is 15.9 Å². The van der Waals surface area contributed by atoms with Gasteiger partial charge < -0.3 is 10.1 Å². The van der Waals surface area contributed by atoms with E-state index < -0.39 is 0 Å². The topological polar surface area (TPSA) is 21.3 Å². The Morgan fingerprint density at radius 2 is 2.00 bits per heavy atom. The highest BCUT2D eigenvalue weighted by molar-refractivity contribution is 9.10. The maximum atomic E-state index is 5.81. The van der Waals surface area contributed by atoms with Crippen LogP contribution in [0, 0.1) is 5.92 Å². The number of rotatable bonds is 8. The van der Waals surface area contributed by atoms with E-state index in [4.69, 9.17) is 4.74 Å². The molecule has 1 aromatic carbocycles. The van der Waals surface area contributed by atoms with Crippen LogP contribution < -0.4 is 10.1 Å². The van der Waals surface area contributed by atoms with Crippen LogP contribution in [0.3, 0.4) is 0 Å². The predicted octanol–water partition coefficient (Wildman–Crippen LogP) is 4.76. The average Bonchev–Trinajstić information content (AvgIpc) is 2.38. The Labute approximate surface area is 126 Å². The number of halogens is 1. The zero-order chi connectivity index (χ0) is 14.3. The van der Waals surface area contributed by atoms with Gasteiger partial charge in [0.05, 0.1) is 6.61 Å². The minimum absolute atomic E-state index is 0.554. The van der Waals surface area contributed by atoms with Gasteiger partial charge in [-0.1, -0.05) is 43.6 Å². The Balaban J connectivity index is 2.71. The summed E-state index contributed by atoms with van der Waals surface area (Å²) in [5.41, 5.74) is 1.22. The summed E-state index contributed by atoms with van der Waals surface area (Å²) < 4.78 is 6.91. The Bertz CT molecular complexity index is 379. The Kier molecular flexibility index (Phi) is 7.47. The van der Waals surface area contributed by atoms with Crippen LogP contribution in [0.25, 0.3) is 0 Å². The third kappa shape index (κ3) is 5.53. The molecule has 0 aliphatic rings. The molecule has 1 unspecified atom stereocenters. The van der Waals surface area contributed by atoms with E-state index in [9.17, 15) is 0 Å². The molecular formula is C16H26BrNO. The lowest BCUT2D eigenvalue weighted by Crippen LogP contribution is -2.32. The first-order valence-corrected chi connectivity index (χ1v) is 8.02. The van der Waals surface area contributed by atoms with Crippen molar-refractivity contribution in [2.24, 2.45) is 5.92 Å². The first kappa shape index (κ1) is 16.5. The smallest absolute Gasteiger partial charge is 0.123 e. The molecule has 0 heterocycles. The molecule has 0 saturated heterocycles. The number of hydrogen-bond donors (Lipinski definition) is 1. The van der Waals surface area contributed by atoms with Gasteiger partial charge in [-0.25, -0.2) is 0 Å². The van der Waals surface area contributed by atoms with Crippen LogP contribution in [0.4, 0.5) is 0 Å². The van der Waals surface area contributed by atoms with E-state index in [-0.39, 0.29) is 0 Å². The van der Waals surface area contributed by atoms with Crippen molar-refractivity contribution < 1.29 is 4.74 Å². The molecule has 1 aromatic rings. The van der Waals surface area contributed by atoms with E-state index in [0.717, 1.165) is 36.2 Å². The number of ether oxygens (including phenoxy) is 1. The summed E-state index contributed by atoms with van der Waals surface area (Å²) in [7, 11) is 0. The van der Waals surface area contributed by atoms with E-state index in [1.807, 2.05) is 12.1 Å². The number of benzene rings is 1. The van der Waals surface area contributed by atoms with Gasteiger partial charge in [-0.15, -0.1) is 0 Å². The maximum absolute atomic E-state index is 5.81. The molecule has 0 spiro atoms. The van der Waals surface area contributed by atoms with Crippen LogP contribution in [0.1, 0.15) is 46.1 Å². The molecular weight excluding hydrogens is 302 g/mol. The van der Waals surface area contributed by atoms with Gasteiger partial charge >= 0.3 is 0 Å². The van der Waals surface area contributed by atoms with Crippen molar-refractivity contribution in [2.75, 3.05) is 6.61 Å². The molecule has 0 aliphatic carbocycles. The van der Waals surface area contributed by atoms with E-state index in [0.29, 0.717) is 12.0 Å².